The first-order valence-corrected chi connectivity index (χ1v) is 0.383. The molecule has 5 heteroatoms. The third kappa shape index (κ3) is 38.6. The van der Waals surface area contributed by atoms with Crippen LogP contribution >= 0.6 is 0 Å². The van der Waals surface area contributed by atoms with Crippen molar-refractivity contribution in [2.75, 3.05) is 0 Å². The van der Waals surface area contributed by atoms with Gasteiger partial charge in [-0.25, -0.2) is 0 Å². The van der Waals surface area contributed by atoms with Gasteiger partial charge in [0.1, 0.15) is 0 Å². The third-order valence-electron chi connectivity index (χ3n) is 0. The maximum Gasteiger partial charge on any atom is 0.152 e. The Hall–Kier alpha value is -0.680. The van der Waals surface area contributed by atoms with Crippen molar-refractivity contribution in [1.29, 1.82) is 0 Å². The van der Waals surface area contributed by atoms with E-state index in [1.807, 2.05) is 0 Å². The second-order valence-corrected chi connectivity index (χ2v) is 0.0816. The quantitative estimate of drug-likeness (QED) is 0.309. The van der Waals surface area contributed by atoms with E-state index >= 15 is 0 Å². The van der Waals surface area contributed by atoms with E-state index < -0.39 is 0 Å². The molecule has 0 amide bonds. The minimum absolute atomic E-state index is 0. The van der Waals surface area contributed by atoms with Gasteiger partial charge in [-0.2, -0.15) is 0 Å². The van der Waals surface area contributed by atoms with Crippen molar-refractivity contribution in [3.8, 4) is 0 Å². The molecule has 0 fully saturated rings. The number of hydrogen-bond donors (Lipinski definition) is 3. The smallest absolute Gasteiger partial charge is 0.152 e. The standard InChI is InChI=1S/CH4.HNO2.2H3N/c;2-1-3;;/h1H4;(H,2,3);2*1H3. The Morgan fingerprint density at radius 1 is 1.33 bits per heavy atom. The highest BCUT2D eigenvalue weighted by Crippen LogP contribution is 1.25. The molecule has 0 saturated carbocycles. The molecule has 6 heavy (non-hydrogen) atoms. The van der Waals surface area contributed by atoms with Crippen LogP contribution in [0.2, 0.25) is 0 Å². The van der Waals surface area contributed by atoms with E-state index in [9.17, 15) is 0 Å². The molecule has 0 aliphatic heterocycles. The predicted octanol–water partition coefficient (Wildman–Crippen LogP) is 1.10. The molecule has 0 rings (SSSR count). The molecule has 0 spiro atoms. The van der Waals surface area contributed by atoms with E-state index in [0.717, 1.165) is 0 Å². The summed E-state index contributed by atoms with van der Waals surface area (Å²) in [5.41, 5.74) is 0. The molecule has 0 aromatic heterocycles. The fourth-order valence-corrected chi connectivity index (χ4v) is 0. The topological polar surface area (TPSA) is 120 Å². The lowest BCUT2D eigenvalue weighted by atomic mass is 12.0. The summed E-state index contributed by atoms with van der Waals surface area (Å²) in [5, 5.41) is 7.89. The van der Waals surface area contributed by atoms with Crippen LogP contribution < -0.4 is 12.3 Å². The summed E-state index contributed by atoms with van der Waals surface area (Å²) in [5.74, 6) is 0. The van der Waals surface area contributed by atoms with E-state index in [0.29, 0.717) is 0 Å². The molecule has 0 aromatic carbocycles. The molecule has 0 heterocycles. The fraction of sp³-hybridized carbons (Fsp3) is 1.00. The Labute approximate surface area is 36.5 Å². The zero-order valence-electron chi connectivity index (χ0n) is 2.72. The largest absolute Gasteiger partial charge is 0.379 e. The maximum atomic E-state index is 8.11. The molecule has 0 unspecified atom stereocenters. The summed E-state index contributed by atoms with van der Waals surface area (Å²) < 4.78 is 0. The Bertz CT molecular complexity index is 16.3. The highest BCUT2D eigenvalue weighted by atomic mass is 16.6. The molecule has 0 saturated heterocycles. The molecule has 0 aliphatic rings. The van der Waals surface area contributed by atoms with Crippen molar-refractivity contribution in [3.05, 3.63) is 4.91 Å². The van der Waals surface area contributed by atoms with Crippen LogP contribution in [0.3, 0.4) is 0 Å². The molecule has 7 N–H and O–H groups in total. The van der Waals surface area contributed by atoms with Gasteiger partial charge >= 0.3 is 0 Å². The van der Waals surface area contributed by atoms with Crippen molar-refractivity contribution < 1.29 is 5.21 Å². The van der Waals surface area contributed by atoms with E-state index in [1.165, 1.54) is 5.34 Å². The average Bonchev–Trinajstić information content (AvgIpc) is 0.918. The van der Waals surface area contributed by atoms with Crippen molar-refractivity contribution >= 4 is 0 Å². The van der Waals surface area contributed by atoms with E-state index in [2.05, 4.69) is 0 Å². The van der Waals surface area contributed by atoms with Gasteiger partial charge in [0.2, 0.25) is 0 Å². The maximum absolute atomic E-state index is 8.11. The monoisotopic (exact) mass is 97.1 g/mol. The van der Waals surface area contributed by atoms with Crippen LogP contribution in [0, 0.1) is 4.91 Å². The third-order valence-corrected chi connectivity index (χ3v) is 0. The molecular formula is CH11N3O2. The second-order valence-electron chi connectivity index (χ2n) is 0.0816. The average molecular weight is 97.1 g/mol. The minimum Gasteiger partial charge on any atom is -0.379 e. The molecule has 0 aliphatic carbocycles. The summed E-state index contributed by atoms with van der Waals surface area (Å²) in [6.07, 6.45) is 0. The normalized spacial score (nSPS) is 2.00. The molecular weight excluding hydrogens is 86.0 g/mol. The molecule has 5 nitrogen and oxygen atoms in total. The van der Waals surface area contributed by atoms with E-state index in [-0.39, 0.29) is 19.7 Å². The summed E-state index contributed by atoms with van der Waals surface area (Å²) >= 11 is 0. The number of rotatable bonds is 0. The first-order chi connectivity index (χ1) is 1.41. The van der Waals surface area contributed by atoms with Gasteiger partial charge in [0.05, 0.1) is 0 Å². The van der Waals surface area contributed by atoms with Crippen LogP contribution in [-0.4, -0.2) is 5.21 Å². The van der Waals surface area contributed by atoms with Gasteiger partial charge in [0.15, 0.2) is 5.34 Å². The zero-order valence-corrected chi connectivity index (χ0v) is 2.72. The van der Waals surface area contributed by atoms with Gasteiger partial charge in [-0.15, -0.1) is 4.91 Å². The summed E-state index contributed by atoms with van der Waals surface area (Å²) in [7, 11) is 0. The summed E-state index contributed by atoms with van der Waals surface area (Å²) in [6.45, 7) is 0. The lowest BCUT2D eigenvalue weighted by Gasteiger charge is -1.32. The van der Waals surface area contributed by atoms with Gasteiger partial charge in [0, 0.05) is 0 Å². The van der Waals surface area contributed by atoms with E-state index in [4.69, 9.17) is 10.1 Å². The Morgan fingerprint density at radius 3 is 1.33 bits per heavy atom. The number of hydrogen-bond acceptors (Lipinski definition) is 4. The van der Waals surface area contributed by atoms with Crippen molar-refractivity contribution in [3.63, 3.8) is 0 Å². The predicted molar refractivity (Wildman–Crippen MR) is 24.4 cm³/mol. The first-order valence-electron chi connectivity index (χ1n) is 0.383. The first kappa shape index (κ1) is 57.0. The van der Waals surface area contributed by atoms with Gasteiger partial charge in [-0.1, -0.05) is 7.43 Å². The van der Waals surface area contributed by atoms with Gasteiger partial charge in [0.25, 0.3) is 0 Å². The Balaban J connectivity index is -0.00000000667. The minimum atomic E-state index is 0. The van der Waals surface area contributed by atoms with Crippen LogP contribution in [0.1, 0.15) is 7.43 Å². The Morgan fingerprint density at radius 2 is 1.33 bits per heavy atom. The van der Waals surface area contributed by atoms with Crippen molar-refractivity contribution in [1.82, 2.24) is 12.3 Å². The van der Waals surface area contributed by atoms with Crippen LogP contribution in [0.5, 0.6) is 0 Å². The van der Waals surface area contributed by atoms with Crippen LogP contribution in [-0.2, 0) is 0 Å². The lowest BCUT2D eigenvalue weighted by molar-refractivity contribution is 0.312. The fourth-order valence-electron chi connectivity index (χ4n) is 0. The molecule has 0 bridgehead atoms. The van der Waals surface area contributed by atoms with E-state index in [1.54, 1.807) is 0 Å². The number of nitrogens with zero attached hydrogens (tertiary/aromatic N) is 1. The van der Waals surface area contributed by atoms with Gasteiger partial charge in [-0.05, 0) is 0 Å². The molecule has 0 atom stereocenters. The molecule has 0 radical (unpaired) electrons. The van der Waals surface area contributed by atoms with Crippen LogP contribution in [0.15, 0.2) is 5.34 Å². The lowest BCUT2D eigenvalue weighted by Crippen LogP contribution is -1.25. The van der Waals surface area contributed by atoms with Gasteiger partial charge < -0.3 is 17.5 Å². The second kappa shape index (κ2) is 465. The Kier molecular flexibility index (Phi) is 4420. The van der Waals surface area contributed by atoms with Crippen LogP contribution in [0.25, 0.3) is 0 Å². The van der Waals surface area contributed by atoms with Crippen molar-refractivity contribution in [2.45, 2.75) is 7.43 Å². The molecule has 0 aromatic rings. The SMILES string of the molecule is C.N.N.O=NO. The zero-order chi connectivity index (χ0) is 2.71. The highest BCUT2D eigenvalue weighted by Gasteiger charge is 1.18. The van der Waals surface area contributed by atoms with Crippen molar-refractivity contribution in [2.24, 2.45) is 5.34 Å². The molecule has 42 valence electrons. The van der Waals surface area contributed by atoms with Crippen LogP contribution in [0.4, 0.5) is 0 Å². The van der Waals surface area contributed by atoms with Gasteiger partial charge in [-0.3, -0.25) is 0 Å². The summed E-state index contributed by atoms with van der Waals surface area (Å²) in [4.78, 5) is 8.11. The highest BCUT2D eigenvalue weighted by molar-refractivity contribution is 3.83. The summed E-state index contributed by atoms with van der Waals surface area (Å²) in [6, 6.07) is 0.